The molecule has 0 bridgehead atoms. The molecular formula is C20H28FN5O3. The molecule has 158 valence electrons. The van der Waals surface area contributed by atoms with Crippen molar-refractivity contribution in [1.82, 2.24) is 25.5 Å². The van der Waals surface area contributed by atoms with Crippen LogP contribution in [0.1, 0.15) is 41.5 Å². The zero-order valence-corrected chi connectivity index (χ0v) is 17.7. The summed E-state index contributed by atoms with van der Waals surface area (Å²) in [5, 5.41) is 15.0. The van der Waals surface area contributed by atoms with Gasteiger partial charge in [0.1, 0.15) is 18.0 Å². The first kappa shape index (κ1) is 22.3. The molecule has 0 spiro atoms. The lowest BCUT2D eigenvalue weighted by Crippen LogP contribution is -2.34. The highest BCUT2D eigenvalue weighted by Gasteiger charge is 2.18. The standard InChI is InChI=1S/C20H28FN5O3/c1-19(2,3)26-24-17(23-25-26)15-7-9-16(10-8-15)28-13-14(11-21)12-22-18(27)29-20(4,5)6/h7-11H,12-13H2,1-6H3,(H,22,27)/b14-11+. The number of amides is 1. The number of aromatic nitrogens is 4. The predicted molar refractivity (Wildman–Crippen MR) is 107 cm³/mol. The van der Waals surface area contributed by atoms with Gasteiger partial charge in [-0.2, -0.15) is 4.80 Å². The molecule has 9 heteroatoms. The molecule has 0 fully saturated rings. The lowest BCUT2D eigenvalue weighted by atomic mass is 10.1. The molecule has 2 aromatic rings. The van der Waals surface area contributed by atoms with Crippen molar-refractivity contribution in [2.24, 2.45) is 0 Å². The largest absolute Gasteiger partial charge is 0.489 e. The number of benzene rings is 1. The molecule has 8 nitrogen and oxygen atoms in total. The third-order valence-electron chi connectivity index (χ3n) is 3.56. The Hall–Kier alpha value is -2.97. The fourth-order valence-corrected chi connectivity index (χ4v) is 2.11. The Morgan fingerprint density at radius 3 is 2.34 bits per heavy atom. The van der Waals surface area contributed by atoms with Gasteiger partial charge in [0.2, 0.25) is 5.82 Å². The van der Waals surface area contributed by atoms with Crippen LogP contribution in [0.2, 0.25) is 0 Å². The lowest BCUT2D eigenvalue weighted by Gasteiger charge is -2.20. The Kier molecular flexibility index (Phi) is 6.94. The Morgan fingerprint density at radius 2 is 1.83 bits per heavy atom. The van der Waals surface area contributed by atoms with E-state index in [2.05, 4.69) is 20.7 Å². The van der Waals surface area contributed by atoms with Crippen molar-refractivity contribution in [2.45, 2.75) is 52.7 Å². The smallest absolute Gasteiger partial charge is 0.407 e. The summed E-state index contributed by atoms with van der Waals surface area (Å²) in [4.78, 5) is 13.2. The molecule has 29 heavy (non-hydrogen) atoms. The van der Waals surface area contributed by atoms with Gasteiger partial charge in [-0.15, -0.1) is 10.2 Å². The Morgan fingerprint density at radius 1 is 1.17 bits per heavy atom. The summed E-state index contributed by atoms with van der Waals surface area (Å²) in [5.41, 5.74) is 0.196. The second kappa shape index (κ2) is 9.02. The number of halogens is 1. The quantitative estimate of drug-likeness (QED) is 0.785. The lowest BCUT2D eigenvalue weighted by molar-refractivity contribution is 0.0531. The first-order valence-electron chi connectivity index (χ1n) is 9.26. The third kappa shape index (κ3) is 7.17. The minimum Gasteiger partial charge on any atom is -0.489 e. The molecule has 0 saturated carbocycles. The molecule has 1 N–H and O–H groups in total. The molecular weight excluding hydrogens is 377 g/mol. The summed E-state index contributed by atoms with van der Waals surface area (Å²) in [6, 6.07) is 7.09. The van der Waals surface area contributed by atoms with Gasteiger partial charge < -0.3 is 14.8 Å². The van der Waals surface area contributed by atoms with Crippen LogP contribution in [-0.4, -0.2) is 45.1 Å². The number of nitrogens with one attached hydrogen (secondary N) is 1. The molecule has 0 atom stereocenters. The maximum absolute atomic E-state index is 13.1. The van der Waals surface area contributed by atoms with Crippen molar-refractivity contribution in [2.75, 3.05) is 13.2 Å². The van der Waals surface area contributed by atoms with Crippen LogP contribution in [0.15, 0.2) is 36.2 Å². The zero-order valence-electron chi connectivity index (χ0n) is 17.7. The highest BCUT2D eigenvalue weighted by Crippen LogP contribution is 2.20. The first-order chi connectivity index (χ1) is 13.5. The van der Waals surface area contributed by atoms with Crippen LogP contribution in [-0.2, 0) is 10.3 Å². The Balaban J connectivity index is 1.89. The van der Waals surface area contributed by atoms with Crippen LogP contribution in [0.3, 0.4) is 0 Å². The normalized spacial score (nSPS) is 12.6. The van der Waals surface area contributed by atoms with Gasteiger partial charge in [-0.3, -0.25) is 0 Å². The fourth-order valence-electron chi connectivity index (χ4n) is 2.11. The molecule has 0 aliphatic rings. The summed E-state index contributed by atoms with van der Waals surface area (Å²) >= 11 is 0. The van der Waals surface area contributed by atoms with Gasteiger partial charge in [-0.1, -0.05) is 0 Å². The molecule has 0 aliphatic carbocycles. The van der Waals surface area contributed by atoms with Crippen LogP contribution >= 0.6 is 0 Å². The van der Waals surface area contributed by atoms with Crippen LogP contribution < -0.4 is 10.1 Å². The zero-order chi connectivity index (χ0) is 21.7. The number of rotatable bonds is 6. The number of ether oxygens (including phenoxy) is 2. The van der Waals surface area contributed by atoms with E-state index in [4.69, 9.17) is 9.47 Å². The molecule has 0 unspecified atom stereocenters. The number of nitrogens with zero attached hydrogens (tertiary/aromatic N) is 4. The molecule has 0 saturated heterocycles. The van der Waals surface area contributed by atoms with Crippen LogP contribution in [0.25, 0.3) is 11.4 Å². The minimum atomic E-state index is -0.616. The molecule has 1 aromatic heterocycles. The second-order valence-corrected chi connectivity index (χ2v) is 8.51. The number of carbonyl (C=O) groups excluding carboxylic acids is 1. The number of tetrazole rings is 1. The summed E-state index contributed by atoms with van der Waals surface area (Å²) in [6.07, 6.45) is -0.197. The van der Waals surface area contributed by atoms with Crippen molar-refractivity contribution in [3.8, 4) is 17.1 Å². The van der Waals surface area contributed by atoms with E-state index >= 15 is 0 Å². The van der Waals surface area contributed by atoms with E-state index < -0.39 is 11.7 Å². The molecule has 1 amide bonds. The van der Waals surface area contributed by atoms with Gasteiger partial charge in [0.15, 0.2) is 0 Å². The van der Waals surface area contributed by atoms with Gasteiger partial charge in [0, 0.05) is 17.7 Å². The Labute approximate surface area is 170 Å². The van der Waals surface area contributed by atoms with Crippen molar-refractivity contribution in [3.05, 3.63) is 36.2 Å². The summed E-state index contributed by atoms with van der Waals surface area (Å²) < 4.78 is 23.8. The highest BCUT2D eigenvalue weighted by molar-refractivity contribution is 5.68. The van der Waals surface area contributed by atoms with Gasteiger partial charge in [-0.25, -0.2) is 9.18 Å². The Bertz CT molecular complexity index is 848. The monoisotopic (exact) mass is 405 g/mol. The van der Waals surface area contributed by atoms with Crippen LogP contribution in [0, 0.1) is 0 Å². The fraction of sp³-hybridized carbons (Fsp3) is 0.500. The van der Waals surface area contributed by atoms with E-state index in [0.29, 0.717) is 17.9 Å². The number of carbonyl (C=O) groups is 1. The van der Waals surface area contributed by atoms with E-state index in [-0.39, 0.29) is 24.3 Å². The van der Waals surface area contributed by atoms with Crippen LogP contribution in [0.4, 0.5) is 9.18 Å². The van der Waals surface area contributed by atoms with E-state index in [0.717, 1.165) is 5.56 Å². The SMILES string of the molecule is CC(C)(C)OC(=O)NC/C(=C\F)COc1ccc(-c2nnn(C(C)(C)C)n2)cc1. The van der Waals surface area contributed by atoms with Gasteiger partial charge in [0.25, 0.3) is 0 Å². The van der Waals surface area contributed by atoms with E-state index in [1.807, 2.05) is 20.8 Å². The molecule has 1 heterocycles. The number of hydrogen-bond donors (Lipinski definition) is 1. The van der Waals surface area contributed by atoms with Crippen LogP contribution in [0.5, 0.6) is 5.75 Å². The molecule has 0 aliphatic heterocycles. The van der Waals surface area contributed by atoms with E-state index in [1.54, 1.807) is 49.8 Å². The van der Waals surface area contributed by atoms with E-state index in [1.165, 1.54) is 0 Å². The van der Waals surface area contributed by atoms with Crippen molar-refractivity contribution >= 4 is 6.09 Å². The number of hydrogen-bond acceptors (Lipinski definition) is 6. The van der Waals surface area contributed by atoms with Gasteiger partial charge in [-0.05, 0) is 71.0 Å². The maximum Gasteiger partial charge on any atom is 0.407 e. The van der Waals surface area contributed by atoms with Crippen molar-refractivity contribution in [1.29, 1.82) is 0 Å². The topological polar surface area (TPSA) is 91.2 Å². The average Bonchev–Trinajstić information content (AvgIpc) is 3.11. The van der Waals surface area contributed by atoms with Gasteiger partial charge in [0.05, 0.1) is 11.9 Å². The molecule has 2 rings (SSSR count). The first-order valence-corrected chi connectivity index (χ1v) is 9.26. The van der Waals surface area contributed by atoms with Gasteiger partial charge >= 0.3 is 6.09 Å². The predicted octanol–water partition coefficient (Wildman–Crippen LogP) is 3.85. The van der Waals surface area contributed by atoms with E-state index in [9.17, 15) is 9.18 Å². The minimum absolute atomic E-state index is 0.00982. The van der Waals surface area contributed by atoms with Crippen molar-refractivity contribution < 1.29 is 18.7 Å². The second-order valence-electron chi connectivity index (χ2n) is 8.51. The summed E-state index contributed by atoms with van der Waals surface area (Å²) in [5.74, 6) is 1.06. The average molecular weight is 405 g/mol. The molecule has 1 aromatic carbocycles. The summed E-state index contributed by atoms with van der Waals surface area (Å²) in [7, 11) is 0. The highest BCUT2D eigenvalue weighted by atomic mass is 19.1. The molecule has 0 radical (unpaired) electrons. The maximum atomic E-state index is 13.1. The number of alkyl carbamates (subject to hydrolysis) is 1. The third-order valence-corrected chi connectivity index (χ3v) is 3.56. The van der Waals surface area contributed by atoms with Crippen molar-refractivity contribution in [3.63, 3.8) is 0 Å². The summed E-state index contributed by atoms with van der Waals surface area (Å²) in [6.45, 7) is 11.2.